The van der Waals surface area contributed by atoms with Crippen molar-refractivity contribution in [2.45, 2.75) is 43.8 Å². The molecule has 3 aromatic rings. The molecule has 0 aromatic heterocycles. The van der Waals surface area contributed by atoms with Gasteiger partial charge in [-0.3, -0.25) is 9.59 Å². The van der Waals surface area contributed by atoms with Crippen LogP contribution in [0.4, 0.5) is 11.4 Å². The fraction of sp³-hybridized carbons (Fsp3) is 0.323. The number of amides is 2. The zero-order chi connectivity index (χ0) is 26.8. The molecule has 8 nitrogen and oxygen atoms in total. The highest BCUT2D eigenvalue weighted by Crippen LogP contribution is 2.62. The average Bonchev–Trinajstić information content (AvgIpc) is 3.69. The van der Waals surface area contributed by atoms with Gasteiger partial charge in [0.25, 0.3) is 5.90 Å². The van der Waals surface area contributed by atoms with Gasteiger partial charge >= 0.3 is 0 Å². The van der Waals surface area contributed by atoms with Crippen LogP contribution in [0.3, 0.4) is 0 Å². The molecule has 0 N–H and O–H groups in total. The number of carbonyl (C=O) groups is 2. The summed E-state index contributed by atoms with van der Waals surface area (Å²) in [6.07, 6.45) is 4.46. The largest absolute Gasteiger partial charge is 0.476 e. The average molecular weight is 520 g/mol. The van der Waals surface area contributed by atoms with E-state index in [1.54, 1.807) is 16.8 Å². The number of benzene rings is 3. The van der Waals surface area contributed by atoms with Crippen LogP contribution >= 0.6 is 0 Å². The molecule has 7 rings (SSSR count). The first-order valence-corrected chi connectivity index (χ1v) is 13.3. The topological polar surface area (TPSA) is 95.0 Å². The zero-order valence-electron chi connectivity index (χ0n) is 21.5. The van der Waals surface area contributed by atoms with E-state index in [1.807, 2.05) is 67.7 Å². The van der Waals surface area contributed by atoms with Crippen LogP contribution in [0.5, 0.6) is 0 Å². The Balaban J connectivity index is 1.14. The number of fused-ring (bicyclic) bond motifs is 6. The Bertz CT molecular complexity index is 1640. The summed E-state index contributed by atoms with van der Waals surface area (Å²) in [5, 5.41) is 15.6. The number of ether oxygens (including phenoxy) is 2. The van der Waals surface area contributed by atoms with E-state index < -0.39 is 23.0 Å². The van der Waals surface area contributed by atoms with Crippen LogP contribution in [-0.2, 0) is 19.1 Å². The van der Waals surface area contributed by atoms with Gasteiger partial charge in [-0.25, -0.2) is 4.90 Å². The van der Waals surface area contributed by atoms with Crippen molar-refractivity contribution in [1.82, 2.24) is 0 Å². The number of hydrogen-bond donors (Lipinski definition) is 0. The highest BCUT2D eigenvalue weighted by Gasteiger charge is 2.73. The fourth-order valence-corrected chi connectivity index (χ4v) is 6.96. The number of imide groups is 1. The lowest BCUT2D eigenvalue weighted by Gasteiger charge is -2.31. The Kier molecular flexibility index (Phi) is 5.23. The molecular formula is C31H27N4O4+. The Hall–Kier alpha value is -4.35. The van der Waals surface area contributed by atoms with E-state index in [9.17, 15) is 14.9 Å². The molecule has 39 heavy (non-hydrogen) atoms. The number of hydrogen-bond acceptors (Lipinski definition) is 6. The van der Waals surface area contributed by atoms with Gasteiger partial charge in [-0.15, -0.1) is 0 Å². The van der Waals surface area contributed by atoms with E-state index >= 15 is 0 Å². The molecule has 4 heterocycles. The quantitative estimate of drug-likeness (QED) is 0.360. The molecule has 4 atom stereocenters. The molecule has 3 fully saturated rings. The van der Waals surface area contributed by atoms with Crippen LogP contribution in [0.25, 0.3) is 10.8 Å². The van der Waals surface area contributed by atoms with Crippen LogP contribution in [-0.4, -0.2) is 46.4 Å². The normalized spacial score (nSPS) is 29.0. The van der Waals surface area contributed by atoms with Gasteiger partial charge in [0.2, 0.25) is 17.5 Å². The summed E-state index contributed by atoms with van der Waals surface area (Å²) in [7, 11) is 0. The molecule has 0 radical (unpaired) electrons. The minimum absolute atomic E-state index is 0.224. The van der Waals surface area contributed by atoms with E-state index in [4.69, 9.17) is 9.47 Å². The van der Waals surface area contributed by atoms with Crippen molar-refractivity contribution >= 4 is 46.1 Å². The molecule has 3 aromatic carbocycles. The van der Waals surface area contributed by atoms with Crippen molar-refractivity contribution < 1.29 is 23.7 Å². The van der Waals surface area contributed by atoms with Crippen molar-refractivity contribution in [3.63, 3.8) is 0 Å². The minimum Gasteiger partial charge on any atom is -0.476 e. The maximum absolute atomic E-state index is 14.0. The van der Waals surface area contributed by atoms with Gasteiger partial charge in [-0.2, -0.15) is 5.26 Å². The van der Waals surface area contributed by atoms with Crippen molar-refractivity contribution in [3.05, 3.63) is 72.3 Å². The Labute approximate surface area is 225 Å². The zero-order valence-corrected chi connectivity index (χ0v) is 21.5. The molecule has 4 aliphatic rings. The van der Waals surface area contributed by atoms with Crippen LogP contribution in [0.2, 0.25) is 0 Å². The molecule has 0 spiro atoms. The summed E-state index contributed by atoms with van der Waals surface area (Å²) < 4.78 is 14.4. The lowest BCUT2D eigenvalue weighted by Crippen LogP contribution is -2.43. The molecule has 2 amide bonds. The summed E-state index contributed by atoms with van der Waals surface area (Å²) in [6.45, 7) is 2.30. The Morgan fingerprint density at radius 2 is 1.77 bits per heavy atom. The maximum Gasteiger partial charge on any atom is 0.264 e. The van der Waals surface area contributed by atoms with E-state index in [0.717, 1.165) is 11.1 Å². The van der Waals surface area contributed by atoms with Gasteiger partial charge in [-0.05, 0) is 31.9 Å². The smallest absolute Gasteiger partial charge is 0.264 e. The van der Waals surface area contributed by atoms with E-state index in [-0.39, 0.29) is 11.8 Å². The van der Waals surface area contributed by atoms with E-state index in [0.29, 0.717) is 54.8 Å². The second-order valence-electron chi connectivity index (χ2n) is 10.9. The van der Waals surface area contributed by atoms with Gasteiger partial charge in [-0.1, -0.05) is 47.1 Å². The van der Waals surface area contributed by atoms with Crippen LogP contribution in [0.15, 0.2) is 71.8 Å². The van der Waals surface area contributed by atoms with Crippen LogP contribution < -0.4 is 4.90 Å². The number of rotatable bonds is 5. The third-order valence-corrected chi connectivity index (χ3v) is 8.75. The van der Waals surface area contributed by atoms with E-state index in [1.165, 1.54) is 4.90 Å². The number of carbonyl (C=O) groups excluding carboxylic acids is 2. The van der Waals surface area contributed by atoms with Gasteiger partial charge in [0.05, 0.1) is 47.0 Å². The standard InChI is InChI=1S/C31H27N4O4/c1-30-14-15-31(39-30,16-18-38-25-13-17-34(33-25)21-7-3-2-4-8-21)27-26(30)28(36)35(29(27)37)24-12-11-20(19-32)22-9-5-6-10-23(22)24/h2-12,17,26-27H,13-16,18H2,1H3/q+1/t26-,27+,30-,31-/m1/s1. The molecule has 0 aliphatic carbocycles. The first-order valence-electron chi connectivity index (χ1n) is 13.3. The predicted octanol–water partition coefficient (Wildman–Crippen LogP) is 4.68. The van der Waals surface area contributed by atoms with Gasteiger partial charge in [0, 0.05) is 34.4 Å². The first-order chi connectivity index (χ1) is 18.9. The van der Waals surface area contributed by atoms with Crippen molar-refractivity contribution in [3.8, 4) is 6.07 Å². The summed E-state index contributed by atoms with van der Waals surface area (Å²) in [4.78, 5) is 29.3. The number of nitrogens with zero attached hydrogens (tertiary/aromatic N) is 4. The number of anilines is 1. The maximum atomic E-state index is 14.0. The van der Waals surface area contributed by atoms with Crippen LogP contribution in [0, 0.1) is 23.2 Å². The number of nitriles is 1. The third-order valence-electron chi connectivity index (χ3n) is 8.75. The minimum atomic E-state index is -0.759. The number of hydrazone groups is 1. The van der Waals surface area contributed by atoms with Crippen molar-refractivity contribution in [2.24, 2.45) is 16.9 Å². The molecule has 0 unspecified atom stereocenters. The van der Waals surface area contributed by atoms with Gasteiger partial charge in [0.15, 0.2) is 6.21 Å². The third kappa shape index (κ3) is 3.46. The van der Waals surface area contributed by atoms with Crippen molar-refractivity contribution in [2.75, 3.05) is 11.5 Å². The SMILES string of the molecule is C[C@]12CC[C@](CCOC3=N[N+](c4ccccc4)=CC3)(O1)[C@@H]1C(=O)N(c3ccc(C#N)c4ccccc34)C(=O)[C@@H]12. The van der Waals surface area contributed by atoms with Gasteiger partial charge in [0.1, 0.15) is 6.42 Å². The predicted molar refractivity (Wildman–Crippen MR) is 145 cm³/mol. The molecular weight excluding hydrogens is 492 g/mol. The van der Waals surface area contributed by atoms with Gasteiger partial charge < -0.3 is 9.47 Å². The molecule has 8 heteroatoms. The molecule has 3 saturated heterocycles. The summed E-state index contributed by atoms with van der Waals surface area (Å²) in [6, 6.07) is 22.9. The molecule has 4 aliphatic heterocycles. The summed E-state index contributed by atoms with van der Waals surface area (Å²) >= 11 is 0. The van der Waals surface area contributed by atoms with Crippen LogP contribution in [0.1, 0.15) is 38.2 Å². The lowest BCUT2D eigenvalue weighted by molar-refractivity contribution is -0.438. The monoisotopic (exact) mass is 519 g/mol. The second kappa shape index (κ2) is 8.58. The lowest BCUT2D eigenvalue weighted by atomic mass is 9.67. The Morgan fingerprint density at radius 1 is 1.03 bits per heavy atom. The molecule has 2 bridgehead atoms. The molecule has 0 saturated carbocycles. The first kappa shape index (κ1) is 23.7. The van der Waals surface area contributed by atoms with E-state index in [2.05, 4.69) is 11.2 Å². The summed E-state index contributed by atoms with van der Waals surface area (Å²) in [5.41, 5.74) is 0.548. The second-order valence-corrected chi connectivity index (χ2v) is 10.9. The van der Waals surface area contributed by atoms with Crippen molar-refractivity contribution in [1.29, 1.82) is 5.26 Å². The highest BCUT2D eigenvalue weighted by atomic mass is 16.5. The number of para-hydroxylation sites is 1. The fourth-order valence-electron chi connectivity index (χ4n) is 6.96. The molecule has 194 valence electrons. The summed E-state index contributed by atoms with van der Waals surface area (Å²) in [5.74, 6) is -0.952. The highest BCUT2D eigenvalue weighted by molar-refractivity contribution is 6.26. The Morgan fingerprint density at radius 3 is 2.56 bits per heavy atom.